The van der Waals surface area contributed by atoms with Gasteiger partial charge in [-0.2, -0.15) is 0 Å². The van der Waals surface area contributed by atoms with Gasteiger partial charge in [0.2, 0.25) is 0 Å². The molecule has 1 rings (SSSR count). The van der Waals surface area contributed by atoms with Gasteiger partial charge >= 0.3 is 5.97 Å². The van der Waals surface area contributed by atoms with Crippen molar-refractivity contribution in [1.29, 1.82) is 0 Å². The summed E-state index contributed by atoms with van der Waals surface area (Å²) in [5.74, 6) is -0.976. The van der Waals surface area contributed by atoms with Gasteiger partial charge in [-0.1, -0.05) is 38.1 Å². The van der Waals surface area contributed by atoms with Crippen LogP contribution < -0.4 is 0 Å². The number of rotatable bonds is 5. The Morgan fingerprint density at radius 1 is 1.19 bits per heavy atom. The van der Waals surface area contributed by atoms with Gasteiger partial charge in [0.15, 0.2) is 0 Å². The first kappa shape index (κ1) is 12.7. The zero-order valence-electron chi connectivity index (χ0n) is 9.68. The first-order chi connectivity index (χ1) is 7.54. The second-order valence-corrected chi connectivity index (χ2v) is 4.37. The SMILES string of the molecule is CC(C)C(Cc1ccc(CO)cc1)C(=O)O. The van der Waals surface area contributed by atoms with Crippen LogP contribution in [0.5, 0.6) is 0 Å². The molecule has 0 aliphatic carbocycles. The van der Waals surface area contributed by atoms with Gasteiger partial charge in [-0.25, -0.2) is 0 Å². The van der Waals surface area contributed by atoms with E-state index in [1.165, 1.54) is 0 Å². The summed E-state index contributed by atoms with van der Waals surface area (Å²) in [4.78, 5) is 11.0. The number of hydrogen-bond acceptors (Lipinski definition) is 2. The van der Waals surface area contributed by atoms with Crippen LogP contribution in [-0.4, -0.2) is 16.2 Å². The van der Waals surface area contributed by atoms with E-state index in [0.29, 0.717) is 6.42 Å². The molecule has 0 aliphatic heterocycles. The summed E-state index contributed by atoms with van der Waals surface area (Å²) in [5.41, 5.74) is 1.85. The van der Waals surface area contributed by atoms with E-state index in [1.807, 2.05) is 38.1 Å². The van der Waals surface area contributed by atoms with Gasteiger partial charge in [0.1, 0.15) is 0 Å². The summed E-state index contributed by atoms with van der Waals surface area (Å²) in [6.07, 6.45) is 0.540. The molecule has 0 aromatic heterocycles. The molecule has 0 radical (unpaired) electrons. The Balaban J connectivity index is 2.74. The molecule has 2 N–H and O–H groups in total. The van der Waals surface area contributed by atoms with Crippen LogP contribution in [0.15, 0.2) is 24.3 Å². The molecule has 3 nitrogen and oxygen atoms in total. The van der Waals surface area contributed by atoms with E-state index >= 15 is 0 Å². The average molecular weight is 222 g/mol. The van der Waals surface area contributed by atoms with Crippen molar-refractivity contribution in [3.63, 3.8) is 0 Å². The Bertz CT molecular complexity index is 341. The van der Waals surface area contributed by atoms with Gasteiger partial charge in [0.25, 0.3) is 0 Å². The molecule has 0 fully saturated rings. The van der Waals surface area contributed by atoms with Gasteiger partial charge in [0, 0.05) is 0 Å². The normalized spacial score (nSPS) is 12.8. The van der Waals surface area contributed by atoms with Crippen LogP contribution in [0.2, 0.25) is 0 Å². The average Bonchev–Trinajstić information content (AvgIpc) is 2.25. The molecule has 0 saturated carbocycles. The summed E-state index contributed by atoms with van der Waals surface area (Å²) in [7, 11) is 0. The summed E-state index contributed by atoms with van der Waals surface area (Å²) < 4.78 is 0. The Labute approximate surface area is 95.7 Å². The fraction of sp³-hybridized carbons (Fsp3) is 0.462. The van der Waals surface area contributed by atoms with Crippen LogP contribution in [0, 0.1) is 11.8 Å². The van der Waals surface area contributed by atoms with Gasteiger partial charge < -0.3 is 10.2 Å². The molecular formula is C13H18O3. The number of aliphatic hydroxyl groups excluding tert-OH is 1. The second kappa shape index (κ2) is 5.66. The van der Waals surface area contributed by atoms with Crippen molar-refractivity contribution in [2.45, 2.75) is 26.9 Å². The molecule has 0 bridgehead atoms. The zero-order valence-corrected chi connectivity index (χ0v) is 9.68. The smallest absolute Gasteiger partial charge is 0.307 e. The van der Waals surface area contributed by atoms with Crippen molar-refractivity contribution >= 4 is 5.97 Å². The predicted molar refractivity (Wildman–Crippen MR) is 62.0 cm³/mol. The zero-order chi connectivity index (χ0) is 12.1. The Kier molecular flexibility index (Phi) is 4.50. The number of carboxylic acid groups (broad SMARTS) is 1. The maximum Gasteiger partial charge on any atom is 0.307 e. The molecule has 1 unspecified atom stereocenters. The van der Waals surface area contributed by atoms with Crippen molar-refractivity contribution in [3.8, 4) is 0 Å². The van der Waals surface area contributed by atoms with Crippen LogP contribution in [0.1, 0.15) is 25.0 Å². The van der Waals surface area contributed by atoms with E-state index in [0.717, 1.165) is 11.1 Å². The molecule has 0 spiro atoms. The van der Waals surface area contributed by atoms with Gasteiger partial charge in [-0.3, -0.25) is 4.79 Å². The van der Waals surface area contributed by atoms with E-state index in [1.54, 1.807) is 0 Å². The molecule has 88 valence electrons. The van der Waals surface area contributed by atoms with E-state index in [-0.39, 0.29) is 18.4 Å². The number of aliphatic hydroxyl groups is 1. The van der Waals surface area contributed by atoms with Crippen molar-refractivity contribution in [1.82, 2.24) is 0 Å². The lowest BCUT2D eigenvalue weighted by atomic mass is 9.89. The van der Waals surface area contributed by atoms with Crippen LogP contribution in [0.25, 0.3) is 0 Å². The van der Waals surface area contributed by atoms with E-state index in [2.05, 4.69) is 0 Å². The summed E-state index contributed by atoms with van der Waals surface area (Å²) >= 11 is 0. The van der Waals surface area contributed by atoms with E-state index in [9.17, 15) is 4.79 Å². The van der Waals surface area contributed by atoms with Crippen LogP contribution in [-0.2, 0) is 17.8 Å². The topological polar surface area (TPSA) is 57.5 Å². The Hall–Kier alpha value is -1.35. The summed E-state index contributed by atoms with van der Waals surface area (Å²) in [6, 6.07) is 7.41. The Morgan fingerprint density at radius 3 is 2.06 bits per heavy atom. The summed E-state index contributed by atoms with van der Waals surface area (Å²) in [5, 5.41) is 18.0. The number of carboxylic acids is 1. The first-order valence-corrected chi connectivity index (χ1v) is 5.46. The minimum Gasteiger partial charge on any atom is -0.481 e. The van der Waals surface area contributed by atoms with Crippen molar-refractivity contribution in [2.24, 2.45) is 11.8 Å². The van der Waals surface area contributed by atoms with E-state index in [4.69, 9.17) is 10.2 Å². The summed E-state index contributed by atoms with van der Waals surface area (Å²) in [6.45, 7) is 3.86. The monoisotopic (exact) mass is 222 g/mol. The minimum atomic E-state index is -0.749. The largest absolute Gasteiger partial charge is 0.481 e. The number of carbonyl (C=O) groups is 1. The quantitative estimate of drug-likeness (QED) is 0.802. The third-order valence-corrected chi connectivity index (χ3v) is 2.78. The molecule has 0 saturated heterocycles. The predicted octanol–water partition coefficient (Wildman–Crippen LogP) is 2.08. The number of aliphatic carboxylic acids is 1. The number of hydrogen-bond donors (Lipinski definition) is 2. The molecule has 16 heavy (non-hydrogen) atoms. The third kappa shape index (κ3) is 3.35. The van der Waals surface area contributed by atoms with Crippen LogP contribution in [0.4, 0.5) is 0 Å². The highest BCUT2D eigenvalue weighted by molar-refractivity contribution is 5.70. The third-order valence-electron chi connectivity index (χ3n) is 2.78. The highest BCUT2D eigenvalue weighted by atomic mass is 16.4. The molecule has 1 atom stereocenters. The molecule has 0 aliphatic rings. The maximum atomic E-state index is 11.0. The molecule has 0 amide bonds. The van der Waals surface area contributed by atoms with Crippen LogP contribution >= 0.6 is 0 Å². The standard InChI is InChI=1S/C13H18O3/c1-9(2)12(13(15)16)7-10-3-5-11(8-14)6-4-10/h3-6,9,12,14H,7-8H2,1-2H3,(H,15,16). The molecule has 1 aromatic rings. The maximum absolute atomic E-state index is 11.0. The lowest BCUT2D eigenvalue weighted by molar-refractivity contribution is -0.143. The fourth-order valence-corrected chi connectivity index (χ4v) is 1.64. The molecular weight excluding hydrogens is 204 g/mol. The highest BCUT2D eigenvalue weighted by Crippen LogP contribution is 2.18. The lowest BCUT2D eigenvalue weighted by Gasteiger charge is -2.16. The van der Waals surface area contributed by atoms with Crippen LogP contribution in [0.3, 0.4) is 0 Å². The van der Waals surface area contributed by atoms with Crippen molar-refractivity contribution < 1.29 is 15.0 Å². The van der Waals surface area contributed by atoms with Gasteiger partial charge in [0.05, 0.1) is 12.5 Å². The number of benzene rings is 1. The fourth-order valence-electron chi connectivity index (χ4n) is 1.64. The van der Waals surface area contributed by atoms with E-state index < -0.39 is 5.97 Å². The molecule has 3 heteroatoms. The first-order valence-electron chi connectivity index (χ1n) is 5.46. The second-order valence-electron chi connectivity index (χ2n) is 4.37. The van der Waals surface area contributed by atoms with Gasteiger partial charge in [-0.05, 0) is 23.5 Å². The lowest BCUT2D eigenvalue weighted by Crippen LogP contribution is -2.22. The van der Waals surface area contributed by atoms with Crippen molar-refractivity contribution in [3.05, 3.63) is 35.4 Å². The minimum absolute atomic E-state index is 0.0207. The van der Waals surface area contributed by atoms with Gasteiger partial charge in [-0.15, -0.1) is 0 Å². The molecule has 1 aromatic carbocycles. The Morgan fingerprint density at radius 2 is 1.69 bits per heavy atom. The molecule has 0 heterocycles. The van der Waals surface area contributed by atoms with Crippen molar-refractivity contribution in [2.75, 3.05) is 0 Å². The highest BCUT2D eigenvalue weighted by Gasteiger charge is 2.21.